The lowest BCUT2D eigenvalue weighted by Crippen LogP contribution is -1.95. The molecule has 0 saturated heterocycles. The Bertz CT molecular complexity index is 630. The Morgan fingerprint density at radius 1 is 1.05 bits per heavy atom. The van der Waals surface area contributed by atoms with Gasteiger partial charge in [0.2, 0.25) is 0 Å². The molecular weight excluding hydrogens is 375 g/mol. The Morgan fingerprint density at radius 3 is 2.53 bits per heavy atom. The number of ketones is 1. The second kappa shape index (κ2) is 6.26. The van der Waals surface area contributed by atoms with E-state index in [0.29, 0.717) is 10.0 Å². The summed E-state index contributed by atoms with van der Waals surface area (Å²) in [5.41, 5.74) is 1.22. The molecule has 0 unspecified atom stereocenters. The van der Waals surface area contributed by atoms with Crippen LogP contribution in [0.15, 0.2) is 57.5 Å². The molecule has 2 aromatic carbocycles. The van der Waals surface area contributed by atoms with Crippen LogP contribution in [0.3, 0.4) is 0 Å². The van der Waals surface area contributed by atoms with Gasteiger partial charge in [0.25, 0.3) is 0 Å². The Kier molecular flexibility index (Phi) is 4.66. The summed E-state index contributed by atoms with van der Waals surface area (Å²) in [5.74, 6) is -0.672. The molecule has 0 heterocycles. The van der Waals surface area contributed by atoms with E-state index in [2.05, 4.69) is 31.9 Å². The fourth-order valence-corrected chi connectivity index (χ4v) is 2.46. The molecule has 0 amide bonds. The summed E-state index contributed by atoms with van der Waals surface area (Å²) in [6.07, 6.45) is 3.13. The van der Waals surface area contributed by atoms with Crippen LogP contribution in [0, 0.1) is 5.82 Å². The van der Waals surface area contributed by atoms with Gasteiger partial charge in [-0.25, -0.2) is 4.39 Å². The first kappa shape index (κ1) is 14.2. The quantitative estimate of drug-likeness (QED) is 0.522. The minimum atomic E-state index is -0.436. The van der Waals surface area contributed by atoms with Crippen LogP contribution in [0.25, 0.3) is 6.08 Å². The van der Waals surface area contributed by atoms with Crippen LogP contribution >= 0.6 is 31.9 Å². The van der Waals surface area contributed by atoms with Crippen LogP contribution in [-0.2, 0) is 0 Å². The predicted octanol–water partition coefficient (Wildman–Crippen LogP) is 5.25. The van der Waals surface area contributed by atoms with Crippen molar-refractivity contribution in [3.63, 3.8) is 0 Å². The summed E-state index contributed by atoms with van der Waals surface area (Å²) in [5, 5.41) is 0. The summed E-state index contributed by atoms with van der Waals surface area (Å²) >= 11 is 6.52. The third kappa shape index (κ3) is 4.11. The maximum Gasteiger partial charge on any atom is 0.185 e. The highest BCUT2D eigenvalue weighted by atomic mass is 79.9. The van der Waals surface area contributed by atoms with Gasteiger partial charge in [0.1, 0.15) is 5.82 Å². The van der Waals surface area contributed by atoms with Gasteiger partial charge in [-0.05, 0) is 42.0 Å². The molecule has 0 radical (unpaired) electrons. The number of allylic oxidation sites excluding steroid dienone is 1. The Labute approximate surface area is 127 Å². The molecule has 0 atom stereocenters. The molecule has 19 heavy (non-hydrogen) atoms. The minimum absolute atomic E-state index is 0.236. The lowest BCUT2D eigenvalue weighted by molar-refractivity contribution is 0.104. The van der Waals surface area contributed by atoms with Crippen LogP contribution < -0.4 is 0 Å². The van der Waals surface area contributed by atoms with Crippen LogP contribution in [-0.4, -0.2) is 5.78 Å². The normalized spacial score (nSPS) is 10.9. The third-order valence-corrected chi connectivity index (χ3v) is 3.37. The third-order valence-electron chi connectivity index (χ3n) is 2.42. The average molecular weight is 384 g/mol. The van der Waals surface area contributed by atoms with Crippen LogP contribution in [0.4, 0.5) is 4.39 Å². The number of carbonyl (C=O) groups excluding carboxylic acids is 1. The molecule has 0 aromatic heterocycles. The lowest BCUT2D eigenvalue weighted by Gasteiger charge is -1.98. The number of hydrogen-bond acceptors (Lipinski definition) is 1. The monoisotopic (exact) mass is 382 g/mol. The summed E-state index contributed by atoms with van der Waals surface area (Å²) in [4.78, 5) is 11.9. The zero-order valence-electron chi connectivity index (χ0n) is 9.74. The van der Waals surface area contributed by atoms with Gasteiger partial charge in [0.15, 0.2) is 5.78 Å². The molecule has 0 aliphatic carbocycles. The van der Waals surface area contributed by atoms with Crippen LogP contribution in [0.5, 0.6) is 0 Å². The molecule has 0 N–H and O–H groups in total. The molecule has 2 rings (SSSR count). The van der Waals surface area contributed by atoms with E-state index in [9.17, 15) is 9.18 Å². The SMILES string of the molecule is O=C(C=Cc1cccc(Br)c1)c1cc(F)cc(Br)c1. The van der Waals surface area contributed by atoms with Crippen molar-refractivity contribution in [2.75, 3.05) is 0 Å². The highest BCUT2D eigenvalue weighted by Crippen LogP contribution is 2.17. The highest BCUT2D eigenvalue weighted by molar-refractivity contribution is 9.10. The molecule has 0 aliphatic heterocycles. The Hall–Kier alpha value is -1.26. The van der Waals surface area contributed by atoms with Crippen molar-refractivity contribution in [3.8, 4) is 0 Å². The van der Waals surface area contributed by atoms with Gasteiger partial charge in [-0.2, -0.15) is 0 Å². The van der Waals surface area contributed by atoms with Gasteiger partial charge in [-0.3, -0.25) is 4.79 Å². The van der Waals surface area contributed by atoms with Crippen LogP contribution in [0.1, 0.15) is 15.9 Å². The van der Waals surface area contributed by atoms with E-state index in [-0.39, 0.29) is 5.78 Å². The van der Waals surface area contributed by atoms with Gasteiger partial charge >= 0.3 is 0 Å². The molecule has 0 bridgehead atoms. The molecule has 4 heteroatoms. The molecular formula is C15H9Br2FO. The molecule has 0 spiro atoms. The van der Waals surface area contributed by atoms with Crippen molar-refractivity contribution in [1.82, 2.24) is 0 Å². The molecule has 0 fully saturated rings. The number of carbonyl (C=O) groups is 1. The standard InChI is InChI=1S/C15H9Br2FO/c16-12-3-1-2-10(6-12)4-5-15(19)11-7-13(17)9-14(18)8-11/h1-9H. The molecule has 0 aliphatic rings. The van der Waals surface area contributed by atoms with Gasteiger partial charge in [-0.15, -0.1) is 0 Å². The number of halogens is 3. The summed E-state index contributed by atoms with van der Waals surface area (Å²) in [6, 6.07) is 11.7. The van der Waals surface area contributed by atoms with Crippen molar-refractivity contribution in [1.29, 1.82) is 0 Å². The molecule has 2 aromatic rings. The maximum atomic E-state index is 13.2. The van der Waals surface area contributed by atoms with E-state index in [1.807, 2.05) is 24.3 Å². The van der Waals surface area contributed by atoms with Crippen molar-refractivity contribution in [2.24, 2.45) is 0 Å². The number of rotatable bonds is 3. The van der Waals surface area contributed by atoms with Crippen molar-refractivity contribution in [3.05, 3.63) is 74.4 Å². The van der Waals surface area contributed by atoms with E-state index >= 15 is 0 Å². The fraction of sp³-hybridized carbons (Fsp3) is 0. The van der Waals surface area contributed by atoms with Crippen molar-refractivity contribution < 1.29 is 9.18 Å². The zero-order chi connectivity index (χ0) is 13.8. The Balaban J connectivity index is 2.21. The predicted molar refractivity (Wildman–Crippen MR) is 81.6 cm³/mol. The summed E-state index contributed by atoms with van der Waals surface area (Å²) in [7, 11) is 0. The first-order valence-corrected chi connectivity index (χ1v) is 7.07. The maximum absolute atomic E-state index is 13.2. The smallest absolute Gasteiger partial charge is 0.185 e. The van der Waals surface area contributed by atoms with Crippen molar-refractivity contribution in [2.45, 2.75) is 0 Å². The summed E-state index contributed by atoms with van der Waals surface area (Å²) in [6.45, 7) is 0. The molecule has 1 nitrogen and oxygen atoms in total. The zero-order valence-corrected chi connectivity index (χ0v) is 12.9. The average Bonchev–Trinajstić information content (AvgIpc) is 2.35. The van der Waals surface area contributed by atoms with Gasteiger partial charge in [-0.1, -0.05) is 50.1 Å². The molecule has 96 valence electrons. The van der Waals surface area contributed by atoms with Crippen molar-refractivity contribution >= 4 is 43.7 Å². The van der Waals surface area contributed by atoms with E-state index in [1.54, 1.807) is 12.1 Å². The largest absolute Gasteiger partial charge is 0.289 e. The van der Waals surface area contributed by atoms with Crippen LogP contribution in [0.2, 0.25) is 0 Å². The lowest BCUT2D eigenvalue weighted by atomic mass is 10.1. The second-order valence-electron chi connectivity index (χ2n) is 3.91. The summed E-state index contributed by atoms with van der Waals surface area (Å²) < 4.78 is 14.7. The number of benzene rings is 2. The fourth-order valence-electron chi connectivity index (χ4n) is 1.57. The Morgan fingerprint density at radius 2 is 1.84 bits per heavy atom. The first-order valence-electron chi connectivity index (χ1n) is 5.49. The topological polar surface area (TPSA) is 17.1 Å². The van der Waals surface area contributed by atoms with E-state index in [4.69, 9.17) is 0 Å². The minimum Gasteiger partial charge on any atom is -0.289 e. The second-order valence-corrected chi connectivity index (χ2v) is 5.74. The van der Waals surface area contributed by atoms with E-state index in [1.165, 1.54) is 18.2 Å². The first-order chi connectivity index (χ1) is 9.04. The van der Waals surface area contributed by atoms with E-state index < -0.39 is 5.82 Å². The van der Waals surface area contributed by atoms with Gasteiger partial charge in [0.05, 0.1) is 0 Å². The van der Waals surface area contributed by atoms with E-state index in [0.717, 1.165) is 10.0 Å². The number of hydrogen-bond donors (Lipinski definition) is 0. The van der Waals surface area contributed by atoms with Gasteiger partial charge in [0, 0.05) is 14.5 Å². The molecule has 0 saturated carbocycles. The van der Waals surface area contributed by atoms with Gasteiger partial charge < -0.3 is 0 Å². The highest BCUT2D eigenvalue weighted by Gasteiger charge is 2.05.